The maximum absolute atomic E-state index is 14.3. The van der Waals surface area contributed by atoms with E-state index >= 15 is 0 Å². The van der Waals surface area contributed by atoms with Gasteiger partial charge in [0.25, 0.3) is 5.95 Å². The molecule has 1 atom stereocenters. The molecule has 1 amide bonds. The van der Waals surface area contributed by atoms with Crippen molar-refractivity contribution in [1.82, 2.24) is 10.1 Å². The number of ether oxygens (including phenoxy) is 2. The van der Waals surface area contributed by atoms with Crippen LogP contribution in [0.15, 0.2) is 53.2 Å². The molecule has 0 spiro atoms. The SMILES string of the molecule is CC(=O)OC1CCN(c2ccc(-c3onc(F)c3NC(=O)OC(C)c3ccccc3)cn2)CC1. The maximum Gasteiger partial charge on any atom is 0.412 e. The molecule has 1 saturated heterocycles. The number of esters is 1. The van der Waals surface area contributed by atoms with Crippen LogP contribution < -0.4 is 10.2 Å². The number of halogens is 1. The fraction of sp³-hybridized carbons (Fsp3) is 0.333. The van der Waals surface area contributed by atoms with Crippen molar-refractivity contribution in [2.75, 3.05) is 23.3 Å². The molecule has 4 rings (SSSR count). The third-order valence-electron chi connectivity index (χ3n) is 5.54. The van der Waals surface area contributed by atoms with E-state index in [1.807, 2.05) is 30.3 Å². The first-order chi connectivity index (χ1) is 16.4. The van der Waals surface area contributed by atoms with Gasteiger partial charge in [0.2, 0.25) is 0 Å². The highest BCUT2D eigenvalue weighted by Crippen LogP contribution is 2.32. The molecule has 1 unspecified atom stereocenters. The van der Waals surface area contributed by atoms with Crippen molar-refractivity contribution >= 4 is 23.6 Å². The van der Waals surface area contributed by atoms with Gasteiger partial charge in [-0.1, -0.05) is 30.3 Å². The summed E-state index contributed by atoms with van der Waals surface area (Å²) in [5.74, 6) is -0.469. The van der Waals surface area contributed by atoms with Crippen molar-refractivity contribution < 1.29 is 28.0 Å². The van der Waals surface area contributed by atoms with Crippen molar-refractivity contribution in [2.45, 2.75) is 38.9 Å². The van der Waals surface area contributed by atoms with Gasteiger partial charge in [-0.05, 0) is 29.8 Å². The largest absolute Gasteiger partial charge is 0.462 e. The molecular weight excluding hydrogens is 443 g/mol. The zero-order chi connectivity index (χ0) is 24.1. The van der Waals surface area contributed by atoms with Crippen LogP contribution in [0, 0.1) is 5.95 Å². The van der Waals surface area contributed by atoms with E-state index in [9.17, 15) is 14.0 Å². The van der Waals surface area contributed by atoms with Crippen LogP contribution in [0.2, 0.25) is 0 Å². The lowest BCUT2D eigenvalue weighted by molar-refractivity contribution is -0.147. The summed E-state index contributed by atoms with van der Waals surface area (Å²) in [6, 6.07) is 12.7. The highest BCUT2D eigenvalue weighted by atomic mass is 19.1. The number of benzene rings is 1. The predicted molar refractivity (Wildman–Crippen MR) is 122 cm³/mol. The first kappa shape index (κ1) is 23.2. The Labute approximate surface area is 195 Å². The number of nitrogens with one attached hydrogen (secondary N) is 1. The number of rotatable bonds is 6. The normalized spacial score (nSPS) is 15.0. The topological polar surface area (TPSA) is 107 Å². The molecule has 10 heteroatoms. The second-order valence-corrected chi connectivity index (χ2v) is 7.96. The van der Waals surface area contributed by atoms with Crippen molar-refractivity contribution in [3.8, 4) is 11.3 Å². The van der Waals surface area contributed by atoms with Crippen molar-refractivity contribution in [3.05, 3.63) is 60.2 Å². The van der Waals surface area contributed by atoms with Crippen molar-refractivity contribution in [1.29, 1.82) is 0 Å². The minimum absolute atomic E-state index is 0.0365. The molecule has 9 nitrogen and oxygen atoms in total. The Hall–Kier alpha value is -3.95. The van der Waals surface area contributed by atoms with Crippen LogP contribution in [-0.4, -0.2) is 41.4 Å². The lowest BCUT2D eigenvalue weighted by atomic mass is 10.1. The van der Waals surface area contributed by atoms with E-state index in [4.69, 9.17) is 14.0 Å². The zero-order valence-corrected chi connectivity index (χ0v) is 18.9. The molecule has 178 valence electrons. The van der Waals surface area contributed by atoms with Gasteiger partial charge in [-0.15, -0.1) is 0 Å². The van der Waals surface area contributed by atoms with Crippen LogP contribution >= 0.6 is 0 Å². The van der Waals surface area contributed by atoms with Gasteiger partial charge >= 0.3 is 12.1 Å². The highest BCUT2D eigenvalue weighted by Gasteiger charge is 2.24. The predicted octanol–water partition coefficient (Wildman–Crippen LogP) is 4.72. The van der Waals surface area contributed by atoms with E-state index in [1.54, 1.807) is 19.1 Å². The number of amides is 1. The van der Waals surface area contributed by atoms with Crippen molar-refractivity contribution in [2.24, 2.45) is 0 Å². The fourth-order valence-electron chi connectivity index (χ4n) is 3.81. The Morgan fingerprint density at radius 3 is 2.56 bits per heavy atom. The first-order valence-electron chi connectivity index (χ1n) is 11.0. The van der Waals surface area contributed by atoms with Crippen LogP contribution in [0.3, 0.4) is 0 Å². The molecular formula is C24H25FN4O5. The summed E-state index contributed by atoms with van der Waals surface area (Å²) in [7, 11) is 0. The molecule has 0 radical (unpaired) electrons. The average molecular weight is 468 g/mol. The summed E-state index contributed by atoms with van der Waals surface area (Å²) >= 11 is 0. The van der Waals surface area contributed by atoms with E-state index in [0.717, 1.165) is 11.4 Å². The number of hydrogen-bond acceptors (Lipinski definition) is 8. The quantitative estimate of drug-likeness (QED) is 0.518. The van der Waals surface area contributed by atoms with Gasteiger partial charge < -0.3 is 18.9 Å². The maximum atomic E-state index is 14.3. The lowest BCUT2D eigenvalue weighted by Gasteiger charge is -2.32. The summed E-state index contributed by atoms with van der Waals surface area (Å²) in [5, 5.41) is 5.72. The summed E-state index contributed by atoms with van der Waals surface area (Å²) in [5.41, 5.74) is 1.03. The van der Waals surface area contributed by atoms with E-state index < -0.39 is 18.1 Å². The third kappa shape index (κ3) is 5.51. The minimum atomic E-state index is -0.962. The van der Waals surface area contributed by atoms with E-state index in [-0.39, 0.29) is 23.5 Å². The molecule has 0 saturated carbocycles. The van der Waals surface area contributed by atoms with Crippen molar-refractivity contribution in [3.63, 3.8) is 0 Å². The second-order valence-electron chi connectivity index (χ2n) is 7.96. The van der Waals surface area contributed by atoms with Gasteiger partial charge in [0.1, 0.15) is 23.7 Å². The molecule has 1 aliphatic rings. The molecule has 0 aliphatic carbocycles. The number of aromatic nitrogens is 2. The summed E-state index contributed by atoms with van der Waals surface area (Å²) in [6.07, 6.45) is 1.51. The van der Waals surface area contributed by atoms with E-state index in [2.05, 4.69) is 20.4 Å². The van der Waals surface area contributed by atoms with Crippen LogP contribution in [-0.2, 0) is 14.3 Å². The van der Waals surface area contributed by atoms with Gasteiger partial charge in [0, 0.05) is 44.6 Å². The highest BCUT2D eigenvalue weighted by molar-refractivity contribution is 5.89. The Kier molecular flexibility index (Phi) is 7.05. The van der Waals surface area contributed by atoms with Gasteiger partial charge in [0.05, 0.1) is 0 Å². The number of anilines is 2. The smallest absolute Gasteiger partial charge is 0.412 e. The number of pyridine rings is 1. The van der Waals surface area contributed by atoms with E-state index in [1.165, 1.54) is 13.1 Å². The summed E-state index contributed by atoms with van der Waals surface area (Å²) in [6.45, 7) is 4.52. The number of hydrogen-bond donors (Lipinski definition) is 1. The summed E-state index contributed by atoms with van der Waals surface area (Å²) < 4.78 is 30.0. The molecule has 1 aromatic carbocycles. The van der Waals surface area contributed by atoms with Crippen LogP contribution in [0.5, 0.6) is 0 Å². The number of carbonyl (C=O) groups excluding carboxylic acids is 2. The Morgan fingerprint density at radius 2 is 1.91 bits per heavy atom. The minimum Gasteiger partial charge on any atom is -0.462 e. The van der Waals surface area contributed by atoms with Gasteiger partial charge in [-0.25, -0.2) is 9.78 Å². The Morgan fingerprint density at radius 1 is 1.18 bits per heavy atom. The Balaban J connectivity index is 1.40. The van der Waals surface area contributed by atoms with Crippen LogP contribution in [0.4, 0.5) is 20.7 Å². The molecule has 2 aromatic heterocycles. The summed E-state index contributed by atoms with van der Waals surface area (Å²) in [4.78, 5) is 30.0. The third-order valence-corrected chi connectivity index (χ3v) is 5.54. The van der Waals surface area contributed by atoms with Crippen LogP contribution in [0.25, 0.3) is 11.3 Å². The molecule has 0 bridgehead atoms. The molecule has 3 aromatic rings. The van der Waals surface area contributed by atoms with Gasteiger partial charge in [0.15, 0.2) is 5.76 Å². The lowest BCUT2D eigenvalue weighted by Crippen LogP contribution is -2.38. The fourth-order valence-corrected chi connectivity index (χ4v) is 3.81. The van der Waals surface area contributed by atoms with E-state index in [0.29, 0.717) is 31.5 Å². The molecule has 3 heterocycles. The standard InChI is InChI=1S/C24H25FN4O5/c1-15(17-6-4-3-5-7-17)32-24(31)27-21-22(34-28-23(21)25)18-8-9-20(26-14-18)29-12-10-19(11-13-29)33-16(2)30/h3-9,14-15,19H,10-13H2,1-2H3,(H,27,31). The second kappa shape index (κ2) is 10.3. The molecule has 1 aliphatic heterocycles. The molecule has 34 heavy (non-hydrogen) atoms. The molecule has 1 N–H and O–H groups in total. The van der Waals surface area contributed by atoms with Gasteiger partial charge in [-0.3, -0.25) is 10.1 Å². The molecule has 1 fully saturated rings. The average Bonchev–Trinajstić information content (AvgIpc) is 3.19. The zero-order valence-electron chi connectivity index (χ0n) is 18.9. The first-order valence-corrected chi connectivity index (χ1v) is 11.0. The number of carbonyl (C=O) groups is 2. The Bertz CT molecular complexity index is 1130. The van der Waals surface area contributed by atoms with Crippen LogP contribution in [0.1, 0.15) is 38.4 Å². The van der Waals surface area contributed by atoms with Gasteiger partial charge in [-0.2, -0.15) is 4.39 Å². The number of piperidine rings is 1. The number of nitrogens with zero attached hydrogens (tertiary/aromatic N) is 3. The monoisotopic (exact) mass is 468 g/mol.